The summed E-state index contributed by atoms with van der Waals surface area (Å²) in [7, 11) is 0. The number of carboxylic acids is 1. The molecule has 0 radical (unpaired) electrons. The Morgan fingerprint density at radius 1 is 0.857 bits per heavy atom. The number of primary amides is 1. The van der Waals surface area contributed by atoms with E-state index in [0.29, 0.717) is 0 Å². The van der Waals surface area contributed by atoms with E-state index >= 15 is 0 Å². The van der Waals surface area contributed by atoms with Crippen LogP contribution in [-0.2, 0) is 24.0 Å². The molecular weight excluding hydrogens is 464 g/mol. The van der Waals surface area contributed by atoms with Crippen molar-refractivity contribution in [1.82, 2.24) is 16.0 Å². The number of hydrogen-bond acceptors (Lipinski definition) is 8. The van der Waals surface area contributed by atoms with Crippen molar-refractivity contribution in [2.24, 2.45) is 33.8 Å². The van der Waals surface area contributed by atoms with Gasteiger partial charge in [-0.25, -0.2) is 4.79 Å². The fraction of sp³-hybridized carbons (Fsp3) is 0.700. The Morgan fingerprint density at radius 3 is 1.89 bits per heavy atom. The maximum absolute atomic E-state index is 12.9. The number of amides is 4. The molecule has 0 aliphatic heterocycles. The summed E-state index contributed by atoms with van der Waals surface area (Å²) in [6.07, 6.45) is -0.0359. The first-order valence-electron chi connectivity index (χ1n) is 11.1. The average molecular weight is 503 g/mol. The smallest absolute Gasteiger partial charge is 0.326 e. The summed E-state index contributed by atoms with van der Waals surface area (Å²) in [6, 6.07) is -4.97. The van der Waals surface area contributed by atoms with Gasteiger partial charge in [-0.2, -0.15) is 0 Å². The largest absolute Gasteiger partial charge is 0.480 e. The standard InChI is InChI=1S/C20H38N8O7/c1-10(2)8-14(28-16(31)11(21)9-29)18(33)26-12(5-6-15(22)30)17(32)27-13(19(34)35)4-3-7-25-20(23)24/h10-14,29H,3-9,21H2,1-2H3,(H2,22,30)(H,26,33)(H,27,32)(H,28,31)(H,34,35)(H4,23,24,25). The lowest BCUT2D eigenvalue weighted by Gasteiger charge is -2.25. The van der Waals surface area contributed by atoms with Crippen LogP contribution in [0, 0.1) is 5.92 Å². The van der Waals surface area contributed by atoms with Gasteiger partial charge in [0.05, 0.1) is 6.61 Å². The summed E-state index contributed by atoms with van der Waals surface area (Å²) < 4.78 is 0. The highest BCUT2D eigenvalue weighted by Gasteiger charge is 2.30. The van der Waals surface area contributed by atoms with E-state index < -0.39 is 60.4 Å². The Bertz CT molecular complexity index is 771. The first kappa shape index (κ1) is 31.5. The predicted molar refractivity (Wildman–Crippen MR) is 126 cm³/mol. The number of carbonyl (C=O) groups is 5. The van der Waals surface area contributed by atoms with Crippen molar-refractivity contribution in [1.29, 1.82) is 0 Å². The third-order valence-corrected chi connectivity index (χ3v) is 4.75. The van der Waals surface area contributed by atoms with Gasteiger partial charge in [0.25, 0.3) is 0 Å². The molecule has 0 saturated heterocycles. The average Bonchev–Trinajstić information content (AvgIpc) is 2.76. The minimum Gasteiger partial charge on any atom is -0.480 e. The van der Waals surface area contributed by atoms with Crippen molar-refractivity contribution < 1.29 is 34.2 Å². The molecule has 0 heterocycles. The topological polar surface area (TPSA) is 278 Å². The van der Waals surface area contributed by atoms with E-state index in [-0.39, 0.29) is 50.5 Å². The molecule has 0 rings (SSSR count). The number of nitrogens with two attached hydrogens (primary N) is 4. The fourth-order valence-electron chi connectivity index (χ4n) is 2.93. The lowest BCUT2D eigenvalue weighted by atomic mass is 10.0. The van der Waals surface area contributed by atoms with Gasteiger partial charge in [0.1, 0.15) is 24.2 Å². The summed E-state index contributed by atoms with van der Waals surface area (Å²) in [5.74, 6) is -4.61. The molecule has 0 spiro atoms. The fourth-order valence-corrected chi connectivity index (χ4v) is 2.93. The Balaban J connectivity index is 5.50. The van der Waals surface area contributed by atoms with Crippen molar-refractivity contribution in [2.45, 2.75) is 70.1 Å². The van der Waals surface area contributed by atoms with E-state index in [1.54, 1.807) is 13.8 Å². The SMILES string of the molecule is CC(C)CC(NC(=O)C(N)CO)C(=O)NC(CCC(N)=O)C(=O)NC(CCCN=C(N)N)C(=O)O. The maximum Gasteiger partial charge on any atom is 0.326 e. The van der Waals surface area contributed by atoms with Crippen LogP contribution < -0.4 is 38.9 Å². The molecule has 4 amide bonds. The molecule has 200 valence electrons. The molecule has 4 unspecified atom stereocenters. The number of nitrogens with zero attached hydrogens (tertiary/aromatic N) is 1. The Morgan fingerprint density at radius 2 is 1.40 bits per heavy atom. The van der Waals surface area contributed by atoms with Gasteiger partial charge < -0.3 is 49.1 Å². The second-order valence-corrected chi connectivity index (χ2v) is 8.39. The molecule has 0 aliphatic rings. The van der Waals surface area contributed by atoms with E-state index in [0.717, 1.165) is 0 Å². The summed E-state index contributed by atoms with van der Waals surface area (Å²) >= 11 is 0. The maximum atomic E-state index is 12.9. The minimum absolute atomic E-state index is 0.000576. The summed E-state index contributed by atoms with van der Waals surface area (Å²) in [5, 5.41) is 25.7. The number of hydrogen-bond donors (Lipinski definition) is 9. The van der Waals surface area contributed by atoms with Crippen molar-refractivity contribution in [3.63, 3.8) is 0 Å². The lowest BCUT2D eigenvalue weighted by Crippen LogP contribution is -2.57. The van der Waals surface area contributed by atoms with Crippen LogP contribution >= 0.6 is 0 Å². The molecular formula is C20H38N8O7. The van der Waals surface area contributed by atoms with Crippen LogP contribution in [0.5, 0.6) is 0 Å². The van der Waals surface area contributed by atoms with Gasteiger partial charge in [0, 0.05) is 13.0 Å². The number of aliphatic hydroxyl groups excluding tert-OH is 1. The van der Waals surface area contributed by atoms with Crippen LogP contribution in [0.1, 0.15) is 46.0 Å². The van der Waals surface area contributed by atoms with Gasteiger partial charge in [0.15, 0.2) is 5.96 Å². The molecule has 15 nitrogen and oxygen atoms in total. The molecule has 0 saturated carbocycles. The first-order chi connectivity index (χ1) is 16.3. The van der Waals surface area contributed by atoms with Crippen LogP contribution in [0.4, 0.5) is 0 Å². The zero-order valence-corrected chi connectivity index (χ0v) is 20.0. The number of aliphatic carboxylic acids is 1. The van der Waals surface area contributed by atoms with Crippen molar-refractivity contribution in [3.05, 3.63) is 0 Å². The third-order valence-electron chi connectivity index (χ3n) is 4.75. The molecule has 13 N–H and O–H groups in total. The van der Waals surface area contributed by atoms with Crippen molar-refractivity contribution >= 4 is 35.6 Å². The Labute approximate surface area is 203 Å². The van der Waals surface area contributed by atoms with Gasteiger partial charge in [-0.15, -0.1) is 0 Å². The third kappa shape index (κ3) is 13.7. The Hall–Kier alpha value is -3.46. The summed E-state index contributed by atoms with van der Waals surface area (Å²) in [4.78, 5) is 64.4. The number of nitrogens with one attached hydrogen (secondary N) is 3. The van der Waals surface area contributed by atoms with Gasteiger partial charge in [-0.05, 0) is 31.6 Å². The van der Waals surface area contributed by atoms with E-state index in [4.69, 9.17) is 28.0 Å². The van der Waals surface area contributed by atoms with Gasteiger partial charge in [-0.3, -0.25) is 24.2 Å². The molecule has 0 aromatic heterocycles. The molecule has 0 bridgehead atoms. The molecule has 15 heteroatoms. The van der Waals surface area contributed by atoms with Crippen molar-refractivity contribution in [3.8, 4) is 0 Å². The summed E-state index contributed by atoms with van der Waals surface area (Å²) in [5.41, 5.74) is 21.1. The molecule has 4 atom stereocenters. The van der Waals surface area contributed by atoms with Crippen LogP contribution in [-0.4, -0.2) is 83.1 Å². The number of carboxylic acid groups (broad SMARTS) is 1. The number of aliphatic imine (C=N–C) groups is 1. The monoisotopic (exact) mass is 502 g/mol. The second kappa shape index (κ2) is 16.2. The van der Waals surface area contributed by atoms with Crippen LogP contribution in [0.15, 0.2) is 4.99 Å². The van der Waals surface area contributed by atoms with E-state index in [2.05, 4.69) is 20.9 Å². The Kier molecular flexibility index (Phi) is 14.6. The zero-order valence-electron chi connectivity index (χ0n) is 20.0. The first-order valence-corrected chi connectivity index (χ1v) is 11.1. The number of carbonyl (C=O) groups excluding carboxylic acids is 4. The number of aliphatic hydroxyl groups is 1. The number of guanidine groups is 1. The van der Waals surface area contributed by atoms with E-state index in [9.17, 15) is 29.1 Å². The van der Waals surface area contributed by atoms with Gasteiger partial charge in [0.2, 0.25) is 23.6 Å². The predicted octanol–water partition coefficient (Wildman–Crippen LogP) is -3.79. The summed E-state index contributed by atoms with van der Waals surface area (Å²) in [6.45, 7) is 3.12. The highest BCUT2D eigenvalue weighted by Crippen LogP contribution is 2.08. The second-order valence-electron chi connectivity index (χ2n) is 8.39. The van der Waals surface area contributed by atoms with Gasteiger partial charge >= 0.3 is 5.97 Å². The molecule has 0 fully saturated rings. The van der Waals surface area contributed by atoms with Gasteiger partial charge in [-0.1, -0.05) is 13.8 Å². The van der Waals surface area contributed by atoms with Crippen LogP contribution in [0.2, 0.25) is 0 Å². The normalized spacial score (nSPS) is 14.2. The highest BCUT2D eigenvalue weighted by molar-refractivity contribution is 5.94. The molecule has 0 aromatic rings. The quantitative estimate of drug-likeness (QED) is 0.0531. The van der Waals surface area contributed by atoms with Crippen LogP contribution in [0.25, 0.3) is 0 Å². The molecule has 0 aliphatic carbocycles. The highest BCUT2D eigenvalue weighted by atomic mass is 16.4. The molecule has 0 aromatic carbocycles. The van der Waals surface area contributed by atoms with Crippen LogP contribution in [0.3, 0.4) is 0 Å². The number of rotatable bonds is 17. The minimum atomic E-state index is -1.31. The molecule has 35 heavy (non-hydrogen) atoms. The zero-order chi connectivity index (χ0) is 27.1. The van der Waals surface area contributed by atoms with E-state index in [1.807, 2.05) is 0 Å². The lowest BCUT2D eigenvalue weighted by molar-refractivity contribution is -0.142. The van der Waals surface area contributed by atoms with E-state index in [1.165, 1.54) is 0 Å². The van der Waals surface area contributed by atoms with Crippen molar-refractivity contribution in [2.75, 3.05) is 13.2 Å².